The zero-order valence-corrected chi connectivity index (χ0v) is 10.4. The van der Waals surface area contributed by atoms with Gasteiger partial charge in [-0.25, -0.2) is 0 Å². The van der Waals surface area contributed by atoms with Gasteiger partial charge in [-0.1, -0.05) is 0 Å². The molecule has 6 heteroatoms. The maximum absolute atomic E-state index is 11.5. The van der Waals surface area contributed by atoms with Crippen molar-refractivity contribution >= 4 is 11.7 Å². The Bertz CT molecular complexity index is 516. The van der Waals surface area contributed by atoms with Crippen LogP contribution < -0.4 is 10.6 Å². The van der Waals surface area contributed by atoms with Gasteiger partial charge in [-0.05, 0) is 32.3 Å². The van der Waals surface area contributed by atoms with Gasteiger partial charge in [0.25, 0.3) is 0 Å². The number of amides is 1. The van der Waals surface area contributed by atoms with Crippen LogP contribution in [0.5, 0.6) is 0 Å². The van der Waals surface area contributed by atoms with Gasteiger partial charge < -0.3 is 10.6 Å². The predicted molar refractivity (Wildman–Crippen MR) is 65.9 cm³/mol. The first-order valence-electron chi connectivity index (χ1n) is 5.89. The van der Waals surface area contributed by atoms with Crippen molar-refractivity contribution < 1.29 is 4.79 Å². The highest BCUT2D eigenvalue weighted by atomic mass is 16.2. The van der Waals surface area contributed by atoms with E-state index in [0.717, 1.165) is 24.1 Å². The lowest BCUT2D eigenvalue weighted by molar-refractivity contribution is -0.119. The summed E-state index contributed by atoms with van der Waals surface area (Å²) in [6.45, 7) is 3.73. The number of hydrogen-bond acceptors (Lipinski definition) is 5. The molecule has 1 saturated carbocycles. The molecule has 94 valence electrons. The first kappa shape index (κ1) is 12.3. The van der Waals surface area contributed by atoms with Gasteiger partial charge in [0.05, 0.1) is 12.2 Å². The number of anilines is 1. The Balaban J connectivity index is 2.02. The summed E-state index contributed by atoms with van der Waals surface area (Å²) >= 11 is 0. The van der Waals surface area contributed by atoms with Crippen LogP contribution >= 0.6 is 0 Å². The Kier molecular flexibility index (Phi) is 3.42. The fraction of sp³-hybridized carbons (Fsp3) is 0.500. The Morgan fingerprint density at radius 2 is 2.17 bits per heavy atom. The van der Waals surface area contributed by atoms with Crippen molar-refractivity contribution in [1.82, 2.24) is 15.5 Å². The molecule has 1 fully saturated rings. The van der Waals surface area contributed by atoms with Crippen LogP contribution in [0.25, 0.3) is 0 Å². The quantitative estimate of drug-likeness (QED) is 0.813. The fourth-order valence-corrected chi connectivity index (χ4v) is 1.54. The lowest BCUT2D eigenvalue weighted by atomic mass is 10.1. The van der Waals surface area contributed by atoms with Crippen molar-refractivity contribution in [1.29, 1.82) is 5.26 Å². The van der Waals surface area contributed by atoms with Crippen LogP contribution in [0.3, 0.4) is 0 Å². The predicted octanol–water partition coefficient (Wildman–Crippen LogP) is 0.656. The first-order chi connectivity index (χ1) is 8.61. The fourth-order valence-electron chi connectivity index (χ4n) is 1.54. The Hall–Kier alpha value is -2.16. The number of hydrogen-bond donors (Lipinski definition) is 2. The molecule has 1 heterocycles. The Morgan fingerprint density at radius 1 is 1.44 bits per heavy atom. The summed E-state index contributed by atoms with van der Waals surface area (Å²) in [5.74, 6) is 0.285. The molecule has 1 aliphatic carbocycles. The molecule has 1 aromatic rings. The minimum atomic E-state index is -0.0820. The summed E-state index contributed by atoms with van der Waals surface area (Å²) in [4.78, 5) is 11.5. The second-order valence-electron chi connectivity index (χ2n) is 4.44. The van der Waals surface area contributed by atoms with Gasteiger partial charge in [0.2, 0.25) is 5.91 Å². The molecular weight excluding hydrogens is 230 g/mol. The van der Waals surface area contributed by atoms with Gasteiger partial charge in [-0.2, -0.15) is 10.4 Å². The van der Waals surface area contributed by atoms with E-state index in [1.165, 1.54) is 0 Å². The van der Waals surface area contributed by atoms with Gasteiger partial charge in [-0.3, -0.25) is 4.79 Å². The number of carbonyl (C=O) groups excluding carboxylic acids is 1. The summed E-state index contributed by atoms with van der Waals surface area (Å²) in [6, 6.07) is 2.42. The van der Waals surface area contributed by atoms with Gasteiger partial charge in [0, 0.05) is 6.04 Å². The van der Waals surface area contributed by atoms with E-state index in [-0.39, 0.29) is 12.5 Å². The van der Waals surface area contributed by atoms with Gasteiger partial charge in [-0.15, -0.1) is 5.10 Å². The highest BCUT2D eigenvalue weighted by Gasteiger charge is 2.23. The lowest BCUT2D eigenvalue weighted by Crippen LogP contribution is -2.31. The number of aryl methyl sites for hydroxylation is 1. The molecule has 1 amide bonds. The normalized spacial score (nSPS) is 13.8. The maximum Gasteiger partial charge on any atom is 0.239 e. The first-order valence-corrected chi connectivity index (χ1v) is 5.89. The average Bonchev–Trinajstić information content (AvgIpc) is 3.14. The topological polar surface area (TPSA) is 90.7 Å². The number of nitriles is 1. The largest absolute Gasteiger partial charge is 0.358 e. The molecule has 2 N–H and O–H groups in total. The second kappa shape index (κ2) is 5.00. The van der Waals surface area contributed by atoms with Crippen molar-refractivity contribution in [2.24, 2.45) is 0 Å². The molecule has 0 radical (unpaired) electrons. The van der Waals surface area contributed by atoms with Crippen LogP contribution in [-0.4, -0.2) is 28.7 Å². The number of nitrogens with one attached hydrogen (secondary N) is 2. The maximum atomic E-state index is 11.5. The van der Waals surface area contributed by atoms with Crippen LogP contribution in [-0.2, 0) is 4.79 Å². The summed E-state index contributed by atoms with van der Waals surface area (Å²) in [5, 5.41) is 22.7. The number of nitrogens with zero attached hydrogens (tertiary/aromatic N) is 3. The lowest BCUT2D eigenvalue weighted by Gasteiger charge is -2.09. The standard InChI is InChI=1S/C12H15N5O/c1-7-8(2)16-17-12(10(7)5-13)14-6-11(18)15-9-3-4-9/h9H,3-4,6H2,1-2H3,(H,14,17)(H,15,18). The number of rotatable bonds is 4. The molecule has 0 bridgehead atoms. The Labute approximate surface area is 105 Å². The van der Waals surface area contributed by atoms with Crippen molar-refractivity contribution in [2.45, 2.75) is 32.7 Å². The molecule has 0 aliphatic heterocycles. The molecule has 0 spiro atoms. The van der Waals surface area contributed by atoms with E-state index in [9.17, 15) is 4.79 Å². The molecule has 1 aliphatic rings. The van der Waals surface area contributed by atoms with Crippen molar-refractivity contribution in [3.05, 3.63) is 16.8 Å². The Morgan fingerprint density at radius 3 is 2.78 bits per heavy atom. The van der Waals surface area contributed by atoms with E-state index in [4.69, 9.17) is 5.26 Å². The molecule has 0 unspecified atom stereocenters. The van der Waals surface area contributed by atoms with Crippen molar-refractivity contribution in [3.63, 3.8) is 0 Å². The molecule has 6 nitrogen and oxygen atoms in total. The molecule has 2 rings (SSSR count). The van der Waals surface area contributed by atoms with Crippen molar-refractivity contribution in [2.75, 3.05) is 11.9 Å². The third-order valence-electron chi connectivity index (χ3n) is 2.93. The number of aromatic nitrogens is 2. The molecule has 18 heavy (non-hydrogen) atoms. The average molecular weight is 245 g/mol. The SMILES string of the molecule is Cc1nnc(NCC(=O)NC2CC2)c(C#N)c1C. The molecule has 1 aromatic heterocycles. The zero-order chi connectivity index (χ0) is 13.1. The van der Waals surface area contributed by atoms with Crippen LogP contribution in [0.4, 0.5) is 5.82 Å². The second-order valence-corrected chi connectivity index (χ2v) is 4.44. The molecule has 0 atom stereocenters. The van der Waals surface area contributed by atoms with Crippen LogP contribution in [0.1, 0.15) is 29.7 Å². The van der Waals surface area contributed by atoms with Gasteiger partial charge >= 0.3 is 0 Å². The van der Waals surface area contributed by atoms with Crippen LogP contribution in [0, 0.1) is 25.2 Å². The smallest absolute Gasteiger partial charge is 0.239 e. The van der Waals surface area contributed by atoms with Gasteiger partial charge in [0.15, 0.2) is 5.82 Å². The summed E-state index contributed by atoms with van der Waals surface area (Å²) in [7, 11) is 0. The highest BCUT2D eigenvalue weighted by molar-refractivity contribution is 5.81. The third-order valence-corrected chi connectivity index (χ3v) is 2.93. The van der Waals surface area contributed by atoms with E-state index < -0.39 is 0 Å². The van der Waals surface area contributed by atoms with Crippen molar-refractivity contribution in [3.8, 4) is 6.07 Å². The van der Waals surface area contributed by atoms with E-state index >= 15 is 0 Å². The minimum absolute atomic E-state index is 0.0820. The van der Waals surface area contributed by atoms with E-state index in [0.29, 0.717) is 17.4 Å². The van der Waals surface area contributed by atoms with Crippen LogP contribution in [0.15, 0.2) is 0 Å². The number of carbonyl (C=O) groups is 1. The van der Waals surface area contributed by atoms with Crippen LogP contribution in [0.2, 0.25) is 0 Å². The summed E-state index contributed by atoms with van der Waals surface area (Å²) in [5.41, 5.74) is 1.96. The van der Waals surface area contributed by atoms with E-state index in [1.54, 1.807) is 6.92 Å². The minimum Gasteiger partial charge on any atom is -0.358 e. The summed E-state index contributed by atoms with van der Waals surface area (Å²) in [6.07, 6.45) is 2.11. The highest BCUT2D eigenvalue weighted by Crippen LogP contribution is 2.19. The van der Waals surface area contributed by atoms with E-state index in [2.05, 4.69) is 26.9 Å². The third kappa shape index (κ3) is 2.74. The zero-order valence-electron chi connectivity index (χ0n) is 10.4. The molecule has 0 aromatic carbocycles. The van der Waals surface area contributed by atoms with E-state index in [1.807, 2.05) is 6.92 Å². The molecule has 0 saturated heterocycles. The summed E-state index contributed by atoms with van der Waals surface area (Å²) < 4.78 is 0. The van der Waals surface area contributed by atoms with Gasteiger partial charge in [0.1, 0.15) is 11.6 Å². The monoisotopic (exact) mass is 245 g/mol. The molecular formula is C12H15N5O.